The number of rotatable bonds is 5. The van der Waals surface area contributed by atoms with E-state index in [2.05, 4.69) is 10.3 Å². The Balaban J connectivity index is 2.30. The van der Waals surface area contributed by atoms with Gasteiger partial charge in [-0.05, 0) is 13.0 Å². The van der Waals surface area contributed by atoms with Gasteiger partial charge in [0.1, 0.15) is 4.90 Å². The van der Waals surface area contributed by atoms with Crippen molar-refractivity contribution >= 4 is 15.7 Å². The molecule has 0 aromatic carbocycles. The van der Waals surface area contributed by atoms with E-state index in [1.165, 1.54) is 10.5 Å². The lowest BCUT2D eigenvalue weighted by Gasteiger charge is -2.31. The maximum Gasteiger partial charge on any atom is 0.246 e. The molecule has 7 nitrogen and oxygen atoms in total. The summed E-state index contributed by atoms with van der Waals surface area (Å²) in [4.78, 5) is 4.05. The van der Waals surface area contributed by atoms with Crippen molar-refractivity contribution in [2.24, 2.45) is 0 Å². The van der Waals surface area contributed by atoms with Crippen molar-refractivity contribution in [1.29, 1.82) is 0 Å². The average Bonchev–Trinajstić information content (AvgIpc) is 2.48. The summed E-state index contributed by atoms with van der Waals surface area (Å²) < 4.78 is 31.9. The highest BCUT2D eigenvalue weighted by molar-refractivity contribution is 7.89. The third-order valence-electron chi connectivity index (χ3n) is 3.07. The standard InChI is InChI=1S/C12H19N3O4S/c1-2-14-11-3-4-13-7-12(11)20(17,18)15-5-6-19-10(8-15)9-16/h3-4,7,10,16H,2,5-6,8-9H2,1H3,(H,13,14). The molecule has 2 heterocycles. The van der Waals surface area contributed by atoms with Crippen molar-refractivity contribution in [3.8, 4) is 0 Å². The maximum absolute atomic E-state index is 12.7. The molecular formula is C12H19N3O4S. The molecule has 0 bridgehead atoms. The molecule has 1 fully saturated rings. The number of anilines is 1. The molecule has 0 spiro atoms. The van der Waals surface area contributed by atoms with Gasteiger partial charge in [-0.2, -0.15) is 4.31 Å². The van der Waals surface area contributed by atoms with E-state index in [0.29, 0.717) is 12.2 Å². The lowest BCUT2D eigenvalue weighted by atomic mass is 10.3. The smallest absolute Gasteiger partial charge is 0.246 e. The van der Waals surface area contributed by atoms with E-state index >= 15 is 0 Å². The summed E-state index contributed by atoms with van der Waals surface area (Å²) in [6.07, 6.45) is 2.42. The van der Waals surface area contributed by atoms with Gasteiger partial charge in [0.05, 0.1) is 25.0 Å². The highest BCUT2D eigenvalue weighted by Crippen LogP contribution is 2.24. The Morgan fingerprint density at radius 3 is 3.10 bits per heavy atom. The number of hydrogen-bond acceptors (Lipinski definition) is 6. The molecule has 0 amide bonds. The molecule has 1 unspecified atom stereocenters. The van der Waals surface area contributed by atoms with Crippen LogP contribution in [0.1, 0.15) is 6.92 Å². The summed E-state index contributed by atoms with van der Waals surface area (Å²) in [7, 11) is -3.64. The molecule has 1 aromatic heterocycles. The molecule has 8 heteroatoms. The molecule has 20 heavy (non-hydrogen) atoms. The summed E-state index contributed by atoms with van der Waals surface area (Å²) in [5.74, 6) is 0. The topological polar surface area (TPSA) is 91.8 Å². The van der Waals surface area contributed by atoms with Crippen LogP contribution < -0.4 is 5.32 Å². The van der Waals surface area contributed by atoms with Crippen molar-refractivity contribution in [2.45, 2.75) is 17.9 Å². The molecule has 0 aliphatic carbocycles. The van der Waals surface area contributed by atoms with Gasteiger partial charge in [-0.1, -0.05) is 0 Å². The Labute approximate surface area is 118 Å². The Kier molecular flexibility index (Phi) is 4.92. The second-order valence-electron chi connectivity index (χ2n) is 4.44. The van der Waals surface area contributed by atoms with Crippen LogP contribution in [-0.4, -0.2) is 61.8 Å². The minimum Gasteiger partial charge on any atom is -0.394 e. The largest absolute Gasteiger partial charge is 0.394 e. The van der Waals surface area contributed by atoms with Crippen LogP contribution >= 0.6 is 0 Å². The fourth-order valence-electron chi connectivity index (χ4n) is 2.08. The molecule has 2 N–H and O–H groups in total. The van der Waals surface area contributed by atoms with Gasteiger partial charge in [0.2, 0.25) is 10.0 Å². The molecule has 1 aliphatic rings. The third-order valence-corrected chi connectivity index (χ3v) is 4.97. The quantitative estimate of drug-likeness (QED) is 0.789. The first kappa shape index (κ1) is 15.2. The zero-order valence-corrected chi connectivity index (χ0v) is 12.1. The van der Waals surface area contributed by atoms with E-state index in [0.717, 1.165) is 0 Å². The molecule has 1 aliphatic heterocycles. The van der Waals surface area contributed by atoms with Crippen LogP contribution in [-0.2, 0) is 14.8 Å². The summed E-state index contributed by atoms with van der Waals surface area (Å²) >= 11 is 0. The van der Waals surface area contributed by atoms with Gasteiger partial charge < -0.3 is 15.2 Å². The highest BCUT2D eigenvalue weighted by atomic mass is 32.2. The number of nitrogens with zero attached hydrogens (tertiary/aromatic N) is 2. The normalized spacial score (nSPS) is 20.8. The first-order valence-corrected chi connectivity index (χ1v) is 7.94. The minimum atomic E-state index is -3.64. The zero-order chi connectivity index (χ0) is 14.6. The first-order valence-electron chi connectivity index (χ1n) is 6.50. The number of aliphatic hydroxyl groups is 1. The van der Waals surface area contributed by atoms with Gasteiger partial charge in [0.15, 0.2) is 0 Å². The zero-order valence-electron chi connectivity index (χ0n) is 11.3. The van der Waals surface area contributed by atoms with E-state index < -0.39 is 16.1 Å². The van der Waals surface area contributed by atoms with E-state index in [4.69, 9.17) is 9.84 Å². The second-order valence-corrected chi connectivity index (χ2v) is 6.35. The SMILES string of the molecule is CCNc1ccncc1S(=O)(=O)N1CCOC(CO)C1. The Bertz CT molecular complexity index is 549. The Hall–Kier alpha value is -1.22. The predicted octanol–water partition coefficient (Wildman–Crippen LogP) is -0.105. The van der Waals surface area contributed by atoms with Gasteiger partial charge >= 0.3 is 0 Å². The number of ether oxygens (including phenoxy) is 1. The van der Waals surface area contributed by atoms with Gasteiger partial charge in [-0.3, -0.25) is 4.98 Å². The van der Waals surface area contributed by atoms with Gasteiger partial charge in [0.25, 0.3) is 0 Å². The van der Waals surface area contributed by atoms with Gasteiger partial charge in [0, 0.05) is 32.0 Å². The fourth-order valence-corrected chi connectivity index (χ4v) is 3.65. The van der Waals surface area contributed by atoms with Crippen molar-refractivity contribution in [3.63, 3.8) is 0 Å². The van der Waals surface area contributed by atoms with Crippen molar-refractivity contribution in [1.82, 2.24) is 9.29 Å². The number of morpholine rings is 1. The number of pyridine rings is 1. The van der Waals surface area contributed by atoms with E-state index in [1.54, 1.807) is 12.3 Å². The lowest BCUT2D eigenvalue weighted by molar-refractivity contribution is -0.0304. The van der Waals surface area contributed by atoms with Crippen LogP contribution in [0.5, 0.6) is 0 Å². The predicted molar refractivity (Wildman–Crippen MR) is 74.0 cm³/mol. The number of hydrogen-bond donors (Lipinski definition) is 2. The molecule has 112 valence electrons. The van der Waals surface area contributed by atoms with Gasteiger partial charge in [-0.15, -0.1) is 0 Å². The number of sulfonamides is 1. The molecule has 2 rings (SSSR count). The number of aliphatic hydroxyl groups excluding tert-OH is 1. The van der Waals surface area contributed by atoms with Gasteiger partial charge in [-0.25, -0.2) is 8.42 Å². The fraction of sp³-hybridized carbons (Fsp3) is 0.583. The third kappa shape index (κ3) is 3.09. The monoisotopic (exact) mass is 301 g/mol. The summed E-state index contributed by atoms with van der Waals surface area (Å²) in [6, 6.07) is 1.64. The van der Waals surface area contributed by atoms with Crippen LogP contribution in [0.4, 0.5) is 5.69 Å². The molecule has 0 radical (unpaired) electrons. The van der Waals surface area contributed by atoms with Crippen LogP contribution in [0.2, 0.25) is 0 Å². The molecule has 1 aromatic rings. The lowest BCUT2D eigenvalue weighted by Crippen LogP contribution is -2.46. The van der Waals surface area contributed by atoms with Crippen LogP contribution in [0, 0.1) is 0 Å². The maximum atomic E-state index is 12.7. The van der Waals surface area contributed by atoms with Crippen LogP contribution in [0.25, 0.3) is 0 Å². The molecule has 0 saturated carbocycles. The Morgan fingerprint density at radius 2 is 2.40 bits per heavy atom. The molecule has 1 saturated heterocycles. The highest BCUT2D eigenvalue weighted by Gasteiger charge is 2.32. The second kappa shape index (κ2) is 6.49. The van der Waals surface area contributed by atoms with E-state index in [-0.39, 0.29) is 31.2 Å². The summed E-state index contributed by atoms with van der Waals surface area (Å²) in [5.41, 5.74) is 0.537. The van der Waals surface area contributed by atoms with Crippen LogP contribution in [0.15, 0.2) is 23.4 Å². The summed E-state index contributed by atoms with van der Waals surface area (Å²) in [6.45, 7) is 3.03. The average molecular weight is 301 g/mol. The van der Waals surface area contributed by atoms with Crippen molar-refractivity contribution in [2.75, 3.05) is 38.2 Å². The minimum absolute atomic E-state index is 0.152. The number of nitrogens with one attached hydrogen (secondary N) is 1. The molecular weight excluding hydrogens is 282 g/mol. The Morgan fingerprint density at radius 1 is 1.60 bits per heavy atom. The van der Waals surface area contributed by atoms with Crippen molar-refractivity contribution < 1.29 is 18.3 Å². The van der Waals surface area contributed by atoms with Crippen LogP contribution in [0.3, 0.4) is 0 Å². The number of aromatic nitrogens is 1. The molecule has 1 atom stereocenters. The summed E-state index contributed by atoms with van der Waals surface area (Å²) in [5, 5.41) is 12.1. The van der Waals surface area contributed by atoms with E-state index in [1.807, 2.05) is 6.92 Å². The first-order chi connectivity index (χ1) is 9.59. The van der Waals surface area contributed by atoms with E-state index in [9.17, 15) is 8.42 Å². The van der Waals surface area contributed by atoms with Crippen molar-refractivity contribution in [3.05, 3.63) is 18.5 Å².